The first-order valence-corrected chi connectivity index (χ1v) is 13.0. The van der Waals surface area contributed by atoms with Crippen LogP contribution in [0.4, 0.5) is 5.69 Å². The normalized spacial score (nSPS) is 11.5. The van der Waals surface area contributed by atoms with Crippen LogP contribution >= 0.6 is 0 Å². The van der Waals surface area contributed by atoms with Crippen molar-refractivity contribution in [3.63, 3.8) is 0 Å². The highest BCUT2D eigenvalue weighted by Gasteiger charge is 2.22. The Bertz CT molecular complexity index is 1160. The smallest absolute Gasteiger partial charge is 0.274 e. The summed E-state index contributed by atoms with van der Waals surface area (Å²) in [6.07, 6.45) is 3.08. The summed E-state index contributed by atoms with van der Waals surface area (Å²) in [7, 11) is -2.12. The number of aromatic nitrogens is 1. The number of aryl methyl sites for hydroxylation is 1. The van der Waals surface area contributed by atoms with Gasteiger partial charge >= 0.3 is 0 Å². The Labute approximate surface area is 201 Å². The van der Waals surface area contributed by atoms with Crippen molar-refractivity contribution in [3.05, 3.63) is 58.0 Å². The van der Waals surface area contributed by atoms with Crippen LogP contribution in [0.25, 0.3) is 0 Å². The second-order valence-corrected chi connectivity index (χ2v) is 9.86. The van der Waals surface area contributed by atoms with Crippen molar-refractivity contribution in [1.29, 1.82) is 0 Å². The highest BCUT2D eigenvalue weighted by Crippen LogP contribution is 2.17. The van der Waals surface area contributed by atoms with Gasteiger partial charge in [-0.15, -0.1) is 0 Å². The molecule has 0 fully saturated rings. The third-order valence-corrected chi connectivity index (χ3v) is 7.48. The van der Waals surface area contributed by atoms with Crippen molar-refractivity contribution in [2.75, 3.05) is 31.5 Å². The van der Waals surface area contributed by atoms with Crippen molar-refractivity contribution in [3.8, 4) is 0 Å². The number of carbonyl (C=O) groups excluding carboxylic acids is 2. The van der Waals surface area contributed by atoms with Crippen LogP contribution in [0.15, 0.2) is 46.2 Å². The molecule has 1 N–H and O–H groups in total. The van der Waals surface area contributed by atoms with E-state index in [1.807, 2.05) is 13.8 Å². The van der Waals surface area contributed by atoms with Gasteiger partial charge in [-0.3, -0.25) is 14.4 Å². The number of carbonyl (C=O) groups is 2. The van der Waals surface area contributed by atoms with Crippen molar-refractivity contribution < 1.29 is 18.0 Å². The van der Waals surface area contributed by atoms with Crippen LogP contribution in [0.2, 0.25) is 0 Å². The van der Waals surface area contributed by atoms with E-state index in [0.717, 1.165) is 12.8 Å². The highest BCUT2D eigenvalue weighted by molar-refractivity contribution is 7.89. The van der Waals surface area contributed by atoms with Crippen LogP contribution in [-0.2, 0) is 17.1 Å². The summed E-state index contributed by atoms with van der Waals surface area (Å²) < 4.78 is 27.9. The number of nitrogens with one attached hydrogen (secondary N) is 1. The second-order valence-electron chi connectivity index (χ2n) is 7.92. The molecule has 9 nitrogen and oxygen atoms in total. The Morgan fingerprint density at radius 1 is 0.941 bits per heavy atom. The topological polar surface area (TPSA) is 109 Å². The SMILES string of the molecule is CCCN(CCC)C(=O)c1cc(NC(=O)c2ccc(S(=O)(=O)N(CC)CC)cc2)c(=O)n(C)c1. The molecule has 0 saturated carbocycles. The van der Waals surface area contributed by atoms with E-state index in [1.54, 1.807) is 18.7 Å². The van der Waals surface area contributed by atoms with Gasteiger partial charge in [-0.05, 0) is 43.2 Å². The van der Waals surface area contributed by atoms with E-state index in [4.69, 9.17) is 0 Å². The van der Waals surface area contributed by atoms with Crippen LogP contribution in [0.1, 0.15) is 61.3 Å². The minimum Gasteiger partial charge on any atom is -0.339 e. The van der Waals surface area contributed by atoms with E-state index in [2.05, 4.69) is 5.32 Å². The molecule has 186 valence electrons. The Hall–Kier alpha value is -2.98. The van der Waals surface area contributed by atoms with Crippen LogP contribution in [0.5, 0.6) is 0 Å². The molecule has 1 aromatic heterocycles. The summed E-state index contributed by atoms with van der Waals surface area (Å²) >= 11 is 0. The average Bonchev–Trinajstić information content (AvgIpc) is 2.81. The van der Waals surface area contributed by atoms with Gasteiger partial charge in [0.25, 0.3) is 17.4 Å². The van der Waals surface area contributed by atoms with Gasteiger partial charge in [0.2, 0.25) is 10.0 Å². The molecule has 2 rings (SSSR count). The van der Waals surface area contributed by atoms with Crippen molar-refractivity contribution >= 4 is 27.5 Å². The zero-order valence-corrected chi connectivity index (χ0v) is 21.3. The molecule has 1 aromatic carbocycles. The maximum absolute atomic E-state index is 13.0. The summed E-state index contributed by atoms with van der Waals surface area (Å²) in [5.74, 6) is -0.784. The van der Waals surface area contributed by atoms with Gasteiger partial charge in [0, 0.05) is 45.0 Å². The van der Waals surface area contributed by atoms with Crippen molar-refractivity contribution in [2.45, 2.75) is 45.4 Å². The molecule has 0 bridgehead atoms. The third-order valence-electron chi connectivity index (χ3n) is 5.41. The fraction of sp³-hybridized carbons (Fsp3) is 0.458. The summed E-state index contributed by atoms with van der Waals surface area (Å²) in [5.41, 5.74) is 0.0186. The predicted molar refractivity (Wildman–Crippen MR) is 133 cm³/mol. The van der Waals surface area contributed by atoms with Gasteiger partial charge in [-0.2, -0.15) is 4.31 Å². The molecule has 0 aliphatic heterocycles. The number of anilines is 1. The number of amides is 2. The summed E-state index contributed by atoms with van der Waals surface area (Å²) in [6, 6.07) is 6.92. The molecule has 0 unspecified atom stereocenters. The second kappa shape index (κ2) is 11.9. The molecule has 0 aliphatic carbocycles. The maximum Gasteiger partial charge on any atom is 0.274 e. The van der Waals surface area contributed by atoms with E-state index < -0.39 is 21.5 Å². The number of benzene rings is 1. The Morgan fingerprint density at radius 2 is 1.50 bits per heavy atom. The lowest BCUT2D eigenvalue weighted by Gasteiger charge is -2.22. The summed E-state index contributed by atoms with van der Waals surface area (Å²) in [5, 5.41) is 2.57. The lowest BCUT2D eigenvalue weighted by Crippen LogP contribution is -2.34. The fourth-order valence-electron chi connectivity index (χ4n) is 3.64. The number of nitrogens with zero attached hydrogens (tertiary/aromatic N) is 3. The number of hydrogen-bond donors (Lipinski definition) is 1. The molecular weight excluding hydrogens is 456 g/mol. The van der Waals surface area contributed by atoms with E-state index >= 15 is 0 Å². The monoisotopic (exact) mass is 490 g/mol. The fourth-order valence-corrected chi connectivity index (χ4v) is 5.10. The van der Waals surface area contributed by atoms with Gasteiger partial charge in [-0.1, -0.05) is 27.7 Å². The Kier molecular flexibility index (Phi) is 9.57. The number of pyridine rings is 1. The minimum atomic E-state index is -3.64. The molecule has 34 heavy (non-hydrogen) atoms. The molecule has 0 spiro atoms. The first-order valence-electron chi connectivity index (χ1n) is 11.5. The van der Waals surface area contributed by atoms with Crippen molar-refractivity contribution in [1.82, 2.24) is 13.8 Å². The van der Waals surface area contributed by atoms with Crippen LogP contribution < -0.4 is 10.9 Å². The molecule has 0 atom stereocenters. The van der Waals surface area contributed by atoms with Gasteiger partial charge < -0.3 is 14.8 Å². The zero-order chi connectivity index (χ0) is 25.5. The molecule has 2 aromatic rings. The number of hydrogen-bond acceptors (Lipinski definition) is 5. The molecule has 0 radical (unpaired) electrons. The largest absolute Gasteiger partial charge is 0.339 e. The van der Waals surface area contributed by atoms with E-state index in [9.17, 15) is 22.8 Å². The van der Waals surface area contributed by atoms with Gasteiger partial charge in [0.1, 0.15) is 5.69 Å². The van der Waals surface area contributed by atoms with Gasteiger partial charge in [0.05, 0.1) is 10.5 Å². The van der Waals surface area contributed by atoms with Crippen LogP contribution in [0, 0.1) is 0 Å². The van der Waals surface area contributed by atoms with Crippen LogP contribution in [-0.4, -0.2) is 60.2 Å². The lowest BCUT2D eigenvalue weighted by atomic mass is 10.2. The average molecular weight is 491 g/mol. The molecule has 2 amide bonds. The molecule has 0 aliphatic rings. The zero-order valence-electron chi connectivity index (χ0n) is 20.5. The summed E-state index contributed by atoms with van der Waals surface area (Å²) in [6.45, 7) is 9.36. The quantitative estimate of drug-likeness (QED) is 0.521. The van der Waals surface area contributed by atoms with Gasteiger partial charge in [0.15, 0.2) is 0 Å². The first-order chi connectivity index (χ1) is 16.1. The van der Waals surface area contributed by atoms with E-state index in [-0.39, 0.29) is 22.1 Å². The predicted octanol–water partition coefficient (Wildman–Crippen LogP) is 2.93. The third kappa shape index (κ3) is 6.12. The Morgan fingerprint density at radius 3 is 2.00 bits per heavy atom. The Balaban J connectivity index is 2.31. The molecule has 1 heterocycles. The summed E-state index contributed by atoms with van der Waals surface area (Å²) in [4.78, 5) is 40.2. The minimum absolute atomic E-state index is 0.0221. The standard InChI is InChI=1S/C24H34N4O5S/c1-6-14-27(15-7-2)23(30)19-16-21(24(31)26(5)17-19)25-22(29)18-10-12-20(13-11-18)34(32,33)28(8-3)9-4/h10-13,16-17H,6-9,14-15H2,1-5H3,(H,25,29). The highest BCUT2D eigenvalue weighted by atomic mass is 32.2. The molecular formula is C24H34N4O5S. The van der Waals surface area contributed by atoms with Gasteiger partial charge in [-0.25, -0.2) is 8.42 Å². The van der Waals surface area contributed by atoms with Crippen LogP contribution in [0.3, 0.4) is 0 Å². The van der Waals surface area contributed by atoms with Crippen molar-refractivity contribution in [2.24, 2.45) is 7.05 Å². The first kappa shape index (κ1) is 27.3. The number of sulfonamides is 1. The number of rotatable bonds is 11. The van der Waals surface area contributed by atoms with E-state index in [0.29, 0.717) is 31.7 Å². The maximum atomic E-state index is 13.0. The lowest BCUT2D eigenvalue weighted by molar-refractivity contribution is 0.0754. The van der Waals surface area contributed by atoms with E-state index in [1.165, 1.54) is 52.4 Å². The molecule has 0 saturated heterocycles. The molecule has 10 heteroatoms.